The topological polar surface area (TPSA) is 90.5 Å². The van der Waals surface area contributed by atoms with Crippen molar-refractivity contribution in [3.05, 3.63) is 18.7 Å². The van der Waals surface area contributed by atoms with Crippen LogP contribution in [-0.2, 0) is 20.9 Å². The number of carbonyl (C=O) groups is 2. The number of aromatic nitrogens is 2. The van der Waals surface area contributed by atoms with Crippen LogP contribution < -0.4 is 5.73 Å². The van der Waals surface area contributed by atoms with Gasteiger partial charge >= 0.3 is 0 Å². The zero-order valence-corrected chi connectivity index (χ0v) is 11.6. The second-order valence-corrected chi connectivity index (χ2v) is 5.16. The number of carbonyl (C=O) groups excluding carboxylic acids is 2. The Morgan fingerprint density at radius 3 is 2.95 bits per heavy atom. The van der Waals surface area contributed by atoms with Crippen molar-refractivity contribution in [2.45, 2.75) is 31.9 Å². The van der Waals surface area contributed by atoms with Crippen LogP contribution in [0.15, 0.2) is 18.7 Å². The maximum atomic E-state index is 12.1. The van der Waals surface area contributed by atoms with E-state index in [1.54, 1.807) is 24.3 Å². The first-order chi connectivity index (χ1) is 9.51. The number of aryl methyl sites for hydroxylation is 1. The minimum absolute atomic E-state index is 0.0286. The molecule has 2 N–H and O–H groups in total. The third-order valence-corrected chi connectivity index (χ3v) is 3.51. The quantitative estimate of drug-likeness (QED) is 0.806. The molecule has 0 spiro atoms. The molecule has 2 amide bonds. The lowest BCUT2D eigenvalue weighted by Crippen LogP contribution is -2.58. The van der Waals surface area contributed by atoms with Gasteiger partial charge in [-0.2, -0.15) is 0 Å². The summed E-state index contributed by atoms with van der Waals surface area (Å²) in [4.78, 5) is 29.1. The van der Waals surface area contributed by atoms with Crippen molar-refractivity contribution in [1.82, 2.24) is 14.5 Å². The molecule has 0 aliphatic carbocycles. The average Bonchev–Trinajstić information content (AvgIpc) is 2.91. The minimum atomic E-state index is -1.07. The monoisotopic (exact) mass is 280 g/mol. The number of ether oxygens (including phenoxy) is 1. The lowest BCUT2D eigenvalue weighted by atomic mass is 10.0. The van der Waals surface area contributed by atoms with E-state index in [2.05, 4.69) is 4.98 Å². The first kappa shape index (κ1) is 14.5. The summed E-state index contributed by atoms with van der Waals surface area (Å²) in [5.74, 6) is -0.505. The molecule has 0 aromatic carbocycles. The van der Waals surface area contributed by atoms with E-state index in [9.17, 15) is 9.59 Å². The summed E-state index contributed by atoms with van der Waals surface area (Å²) in [5.41, 5.74) is 4.24. The van der Waals surface area contributed by atoms with Crippen molar-refractivity contribution in [2.24, 2.45) is 5.73 Å². The second kappa shape index (κ2) is 6.04. The van der Waals surface area contributed by atoms with E-state index in [0.717, 1.165) is 13.0 Å². The van der Waals surface area contributed by atoms with Crippen molar-refractivity contribution in [3.63, 3.8) is 0 Å². The van der Waals surface area contributed by atoms with E-state index in [1.807, 2.05) is 10.8 Å². The Kier molecular flexibility index (Phi) is 4.39. The number of rotatable bonds is 5. The maximum absolute atomic E-state index is 12.1. The number of morpholine rings is 1. The molecule has 1 aliphatic rings. The van der Waals surface area contributed by atoms with Crippen molar-refractivity contribution in [3.8, 4) is 0 Å². The summed E-state index contributed by atoms with van der Waals surface area (Å²) < 4.78 is 7.32. The summed E-state index contributed by atoms with van der Waals surface area (Å²) in [6, 6.07) is 0. The fourth-order valence-corrected chi connectivity index (χ4v) is 2.22. The van der Waals surface area contributed by atoms with Gasteiger partial charge in [0.05, 0.1) is 19.5 Å². The summed E-state index contributed by atoms with van der Waals surface area (Å²) in [6.45, 7) is 3.45. The van der Waals surface area contributed by atoms with Gasteiger partial charge in [0, 0.05) is 31.9 Å². The predicted molar refractivity (Wildman–Crippen MR) is 71.6 cm³/mol. The highest BCUT2D eigenvalue weighted by Gasteiger charge is 2.38. The number of nitrogens with zero attached hydrogens (tertiary/aromatic N) is 3. The summed E-state index contributed by atoms with van der Waals surface area (Å²) in [7, 11) is 0. The summed E-state index contributed by atoms with van der Waals surface area (Å²) in [5, 5.41) is 0. The second-order valence-electron chi connectivity index (χ2n) is 5.16. The minimum Gasteiger partial charge on any atom is -0.367 e. The molecular weight excluding hydrogens is 260 g/mol. The van der Waals surface area contributed by atoms with Crippen LogP contribution in [0.3, 0.4) is 0 Å². The third kappa shape index (κ3) is 3.36. The molecule has 1 saturated heterocycles. The summed E-state index contributed by atoms with van der Waals surface area (Å²) >= 11 is 0. The van der Waals surface area contributed by atoms with Crippen LogP contribution in [0.1, 0.15) is 19.8 Å². The predicted octanol–water partition coefficient (Wildman–Crippen LogP) is -0.234. The molecule has 2 heterocycles. The molecule has 2 rings (SSSR count). The Morgan fingerprint density at radius 1 is 1.50 bits per heavy atom. The lowest BCUT2D eigenvalue weighted by molar-refractivity contribution is -0.160. The highest BCUT2D eigenvalue weighted by Crippen LogP contribution is 2.18. The SMILES string of the molecule is C[C@@]1(C(N)=O)CN(C(=O)CCCn2ccnc2)CCO1. The van der Waals surface area contributed by atoms with E-state index in [-0.39, 0.29) is 12.5 Å². The Labute approximate surface area is 117 Å². The number of primary amides is 1. The highest BCUT2D eigenvalue weighted by atomic mass is 16.5. The van der Waals surface area contributed by atoms with E-state index in [1.165, 1.54) is 0 Å². The van der Waals surface area contributed by atoms with Crippen LogP contribution in [0.4, 0.5) is 0 Å². The number of imidazole rings is 1. The van der Waals surface area contributed by atoms with Gasteiger partial charge in [-0.1, -0.05) is 0 Å². The van der Waals surface area contributed by atoms with Crippen LogP contribution in [0.25, 0.3) is 0 Å². The van der Waals surface area contributed by atoms with Gasteiger partial charge in [-0.3, -0.25) is 9.59 Å². The first-order valence-corrected chi connectivity index (χ1v) is 6.69. The molecule has 7 nitrogen and oxygen atoms in total. The average molecular weight is 280 g/mol. The molecule has 1 fully saturated rings. The van der Waals surface area contributed by atoms with Crippen LogP contribution in [0, 0.1) is 0 Å². The van der Waals surface area contributed by atoms with Crippen LogP contribution in [-0.4, -0.2) is 51.6 Å². The zero-order chi connectivity index (χ0) is 14.6. The molecule has 20 heavy (non-hydrogen) atoms. The molecule has 1 atom stereocenters. The van der Waals surface area contributed by atoms with Gasteiger partial charge in [0.15, 0.2) is 5.60 Å². The normalized spacial score (nSPS) is 22.8. The molecule has 1 aliphatic heterocycles. The Balaban J connectivity index is 1.81. The van der Waals surface area contributed by atoms with Gasteiger partial charge in [-0.25, -0.2) is 4.98 Å². The largest absolute Gasteiger partial charge is 0.367 e. The van der Waals surface area contributed by atoms with Crippen LogP contribution in [0.2, 0.25) is 0 Å². The molecule has 7 heteroatoms. The van der Waals surface area contributed by atoms with Crippen LogP contribution in [0.5, 0.6) is 0 Å². The number of hydrogen-bond acceptors (Lipinski definition) is 4. The van der Waals surface area contributed by atoms with Crippen molar-refractivity contribution >= 4 is 11.8 Å². The molecule has 1 aromatic rings. The van der Waals surface area contributed by atoms with Crippen LogP contribution >= 0.6 is 0 Å². The van der Waals surface area contributed by atoms with E-state index >= 15 is 0 Å². The number of nitrogens with two attached hydrogens (primary N) is 1. The van der Waals surface area contributed by atoms with E-state index < -0.39 is 11.5 Å². The maximum Gasteiger partial charge on any atom is 0.251 e. The Morgan fingerprint density at radius 2 is 2.30 bits per heavy atom. The third-order valence-electron chi connectivity index (χ3n) is 3.51. The smallest absolute Gasteiger partial charge is 0.251 e. The molecular formula is C13H20N4O3. The molecule has 1 aromatic heterocycles. The molecule has 110 valence electrons. The zero-order valence-electron chi connectivity index (χ0n) is 11.6. The number of hydrogen-bond donors (Lipinski definition) is 1. The first-order valence-electron chi connectivity index (χ1n) is 6.69. The summed E-state index contributed by atoms with van der Waals surface area (Å²) in [6.07, 6.45) is 6.47. The Hall–Kier alpha value is -1.89. The van der Waals surface area contributed by atoms with Gasteiger partial charge in [0.1, 0.15) is 0 Å². The van der Waals surface area contributed by atoms with Gasteiger partial charge in [-0.15, -0.1) is 0 Å². The molecule has 0 radical (unpaired) electrons. The van der Waals surface area contributed by atoms with Gasteiger partial charge in [0.2, 0.25) is 5.91 Å². The van der Waals surface area contributed by atoms with Gasteiger partial charge in [0.25, 0.3) is 5.91 Å². The van der Waals surface area contributed by atoms with E-state index in [0.29, 0.717) is 19.6 Å². The Bertz CT molecular complexity index is 474. The van der Waals surface area contributed by atoms with Crippen molar-refractivity contribution in [1.29, 1.82) is 0 Å². The fraction of sp³-hybridized carbons (Fsp3) is 0.615. The van der Waals surface area contributed by atoms with Gasteiger partial charge < -0.3 is 19.9 Å². The van der Waals surface area contributed by atoms with Gasteiger partial charge in [-0.05, 0) is 13.3 Å². The van der Waals surface area contributed by atoms with E-state index in [4.69, 9.17) is 10.5 Å². The molecule has 0 bridgehead atoms. The lowest BCUT2D eigenvalue weighted by Gasteiger charge is -2.38. The highest BCUT2D eigenvalue weighted by molar-refractivity contribution is 5.85. The van der Waals surface area contributed by atoms with Crippen molar-refractivity contribution < 1.29 is 14.3 Å². The standard InChI is InChI=1S/C13H20N4O3/c1-13(12(14)19)9-17(7-8-20-13)11(18)3-2-5-16-6-4-15-10-16/h4,6,10H,2-3,5,7-9H2,1H3,(H2,14,19)/t13-/m0/s1. The number of amides is 2. The molecule has 0 saturated carbocycles. The fourth-order valence-electron chi connectivity index (χ4n) is 2.22. The van der Waals surface area contributed by atoms with Crippen molar-refractivity contribution in [2.75, 3.05) is 19.7 Å². The molecule has 0 unspecified atom stereocenters.